The molecular formula is C13H18N2O3. The van der Waals surface area contributed by atoms with E-state index in [-0.39, 0.29) is 17.9 Å². The highest BCUT2D eigenvalue weighted by Crippen LogP contribution is 2.29. The molecule has 5 nitrogen and oxygen atoms in total. The molecule has 5 heteroatoms. The first-order valence-electron chi connectivity index (χ1n) is 5.90. The van der Waals surface area contributed by atoms with Gasteiger partial charge in [-0.1, -0.05) is 12.8 Å². The summed E-state index contributed by atoms with van der Waals surface area (Å²) in [6.07, 6.45) is 9.87. The zero-order valence-electron chi connectivity index (χ0n) is 10.6. The Kier molecular flexibility index (Phi) is 5.40. The number of hydrogen-bond acceptors (Lipinski definition) is 3. The third kappa shape index (κ3) is 3.34. The summed E-state index contributed by atoms with van der Waals surface area (Å²) in [6.45, 7) is 2.01. The average Bonchev–Trinajstić information content (AvgIpc) is 2.82. The van der Waals surface area contributed by atoms with Gasteiger partial charge in [-0.25, -0.2) is 0 Å². The van der Waals surface area contributed by atoms with Crippen molar-refractivity contribution in [2.75, 3.05) is 7.05 Å². The van der Waals surface area contributed by atoms with Gasteiger partial charge in [-0.3, -0.25) is 14.5 Å². The van der Waals surface area contributed by atoms with E-state index in [2.05, 4.69) is 11.2 Å². The molecule has 1 saturated heterocycles. The van der Waals surface area contributed by atoms with Crippen LogP contribution < -0.4 is 5.32 Å². The number of likely N-dealkylation sites (N-methyl/N-ethyl adjacent to an activating group) is 1. The van der Waals surface area contributed by atoms with Crippen LogP contribution in [0, 0.1) is 18.3 Å². The summed E-state index contributed by atoms with van der Waals surface area (Å²) in [4.78, 5) is 23.4. The normalized spacial score (nSPS) is 26.8. The Morgan fingerprint density at radius 2 is 2.39 bits per heavy atom. The zero-order valence-corrected chi connectivity index (χ0v) is 10.6. The van der Waals surface area contributed by atoms with Crippen molar-refractivity contribution in [2.45, 2.75) is 32.1 Å². The first-order chi connectivity index (χ1) is 8.65. The molecule has 0 aliphatic carbocycles. The van der Waals surface area contributed by atoms with Crippen molar-refractivity contribution < 1.29 is 14.3 Å². The SMILES string of the molecule is C#CC1CC(CC)OC1N(C=O)/C=C\C(=O)NC. The van der Waals surface area contributed by atoms with Crippen LogP contribution in [-0.2, 0) is 14.3 Å². The van der Waals surface area contributed by atoms with E-state index in [1.165, 1.54) is 24.2 Å². The molecule has 0 aromatic heterocycles. The third-order valence-corrected chi connectivity index (χ3v) is 2.92. The Morgan fingerprint density at radius 3 is 2.89 bits per heavy atom. The molecular weight excluding hydrogens is 232 g/mol. The number of carbonyl (C=O) groups excluding carboxylic acids is 2. The summed E-state index contributed by atoms with van der Waals surface area (Å²) in [7, 11) is 1.52. The second-order valence-corrected chi connectivity index (χ2v) is 4.05. The molecule has 1 rings (SSSR count). The number of terminal acetylenes is 1. The van der Waals surface area contributed by atoms with Crippen molar-refractivity contribution in [3.63, 3.8) is 0 Å². The molecule has 1 fully saturated rings. The Bertz CT molecular complexity index is 373. The van der Waals surface area contributed by atoms with Crippen LogP contribution in [0.2, 0.25) is 0 Å². The van der Waals surface area contributed by atoms with E-state index >= 15 is 0 Å². The van der Waals surface area contributed by atoms with Crippen LogP contribution in [0.15, 0.2) is 12.3 Å². The van der Waals surface area contributed by atoms with Crippen LogP contribution in [-0.4, -0.2) is 36.6 Å². The predicted octanol–water partition coefficient (Wildman–Crippen LogP) is 0.479. The number of hydrogen-bond donors (Lipinski definition) is 1. The van der Waals surface area contributed by atoms with E-state index in [4.69, 9.17) is 11.2 Å². The molecule has 0 radical (unpaired) electrons. The lowest BCUT2D eigenvalue weighted by molar-refractivity contribution is -0.127. The minimum atomic E-state index is -0.488. The van der Waals surface area contributed by atoms with Gasteiger partial charge in [0.25, 0.3) is 0 Å². The smallest absolute Gasteiger partial charge is 0.245 e. The molecule has 98 valence electrons. The second kappa shape index (κ2) is 6.82. The number of rotatable bonds is 5. The Labute approximate surface area is 107 Å². The second-order valence-electron chi connectivity index (χ2n) is 4.05. The van der Waals surface area contributed by atoms with E-state index in [1.807, 2.05) is 6.92 Å². The van der Waals surface area contributed by atoms with Crippen molar-refractivity contribution in [3.05, 3.63) is 12.3 Å². The first-order valence-corrected chi connectivity index (χ1v) is 5.90. The maximum absolute atomic E-state index is 11.1. The van der Waals surface area contributed by atoms with Crippen LogP contribution in [0.3, 0.4) is 0 Å². The summed E-state index contributed by atoms with van der Waals surface area (Å²) in [5, 5.41) is 2.43. The molecule has 0 saturated carbocycles. The van der Waals surface area contributed by atoms with Crippen molar-refractivity contribution >= 4 is 12.3 Å². The average molecular weight is 250 g/mol. The lowest BCUT2D eigenvalue weighted by Gasteiger charge is -2.23. The minimum Gasteiger partial charge on any atom is -0.356 e. The van der Waals surface area contributed by atoms with Crippen molar-refractivity contribution in [1.82, 2.24) is 10.2 Å². The third-order valence-electron chi connectivity index (χ3n) is 2.92. The largest absolute Gasteiger partial charge is 0.356 e. The highest BCUT2D eigenvalue weighted by Gasteiger charge is 2.36. The lowest BCUT2D eigenvalue weighted by Crippen LogP contribution is -2.34. The van der Waals surface area contributed by atoms with Gasteiger partial charge in [0.05, 0.1) is 12.0 Å². The fourth-order valence-corrected chi connectivity index (χ4v) is 1.86. The fourth-order valence-electron chi connectivity index (χ4n) is 1.86. The lowest BCUT2D eigenvalue weighted by atomic mass is 10.0. The van der Waals surface area contributed by atoms with Gasteiger partial charge in [0.15, 0.2) is 0 Å². The summed E-state index contributed by atoms with van der Waals surface area (Å²) in [5.41, 5.74) is 0. The summed E-state index contributed by atoms with van der Waals surface area (Å²) >= 11 is 0. The maximum Gasteiger partial charge on any atom is 0.245 e. The molecule has 1 aliphatic heterocycles. The Morgan fingerprint density at radius 1 is 1.67 bits per heavy atom. The standard InChI is InChI=1S/C13H18N2O3/c1-4-10-8-11(5-2)18-13(10)15(9-16)7-6-12(17)14-3/h1,6-7,9-11,13H,5,8H2,2-3H3,(H,14,17)/b7-6-. The van der Waals surface area contributed by atoms with E-state index in [9.17, 15) is 9.59 Å². The van der Waals surface area contributed by atoms with Gasteiger partial charge in [0.2, 0.25) is 12.3 Å². The Hall–Kier alpha value is -1.80. The highest BCUT2D eigenvalue weighted by molar-refractivity contribution is 5.87. The molecule has 0 aromatic rings. The van der Waals surface area contributed by atoms with Gasteiger partial charge in [0.1, 0.15) is 6.23 Å². The predicted molar refractivity (Wildman–Crippen MR) is 67.0 cm³/mol. The van der Waals surface area contributed by atoms with E-state index in [1.54, 1.807) is 0 Å². The van der Waals surface area contributed by atoms with Crippen LogP contribution in [0.5, 0.6) is 0 Å². The van der Waals surface area contributed by atoms with E-state index < -0.39 is 6.23 Å². The molecule has 0 aromatic carbocycles. The number of carbonyl (C=O) groups is 2. The number of amides is 2. The van der Waals surface area contributed by atoms with E-state index in [0.717, 1.165) is 12.8 Å². The monoisotopic (exact) mass is 250 g/mol. The molecule has 2 amide bonds. The topological polar surface area (TPSA) is 58.6 Å². The maximum atomic E-state index is 11.1. The van der Waals surface area contributed by atoms with Gasteiger partial charge in [0, 0.05) is 19.3 Å². The van der Waals surface area contributed by atoms with Gasteiger partial charge < -0.3 is 10.1 Å². The van der Waals surface area contributed by atoms with Crippen molar-refractivity contribution in [3.8, 4) is 12.3 Å². The summed E-state index contributed by atoms with van der Waals surface area (Å²) in [5.74, 6) is 2.20. The van der Waals surface area contributed by atoms with E-state index in [0.29, 0.717) is 6.41 Å². The van der Waals surface area contributed by atoms with Crippen LogP contribution in [0.1, 0.15) is 19.8 Å². The molecule has 3 unspecified atom stereocenters. The summed E-state index contributed by atoms with van der Waals surface area (Å²) < 4.78 is 5.70. The van der Waals surface area contributed by atoms with Gasteiger partial charge in [-0.15, -0.1) is 6.42 Å². The molecule has 1 aliphatic rings. The zero-order chi connectivity index (χ0) is 13.5. The number of nitrogens with zero attached hydrogens (tertiary/aromatic N) is 1. The number of ether oxygens (including phenoxy) is 1. The molecule has 0 bridgehead atoms. The molecule has 18 heavy (non-hydrogen) atoms. The van der Waals surface area contributed by atoms with Gasteiger partial charge in [-0.05, 0) is 12.8 Å². The van der Waals surface area contributed by atoms with Crippen LogP contribution in [0.4, 0.5) is 0 Å². The van der Waals surface area contributed by atoms with Crippen molar-refractivity contribution in [1.29, 1.82) is 0 Å². The Balaban J connectivity index is 2.75. The quantitative estimate of drug-likeness (QED) is 0.438. The molecule has 3 atom stereocenters. The van der Waals surface area contributed by atoms with Gasteiger partial charge >= 0.3 is 0 Å². The molecule has 0 spiro atoms. The van der Waals surface area contributed by atoms with Crippen LogP contribution in [0.25, 0.3) is 0 Å². The first kappa shape index (κ1) is 14.3. The van der Waals surface area contributed by atoms with Crippen LogP contribution >= 0.6 is 0 Å². The molecule has 1 heterocycles. The number of nitrogens with one attached hydrogen (secondary N) is 1. The molecule has 1 N–H and O–H groups in total. The fraction of sp³-hybridized carbons (Fsp3) is 0.538. The summed E-state index contributed by atoms with van der Waals surface area (Å²) in [6, 6.07) is 0. The van der Waals surface area contributed by atoms with Crippen molar-refractivity contribution in [2.24, 2.45) is 5.92 Å². The highest BCUT2D eigenvalue weighted by atomic mass is 16.5. The minimum absolute atomic E-state index is 0.0619. The van der Waals surface area contributed by atoms with Gasteiger partial charge in [-0.2, -0.15) is 0 Å².